The van der Waals surface area contributed by atoms with Crippen molar-refractivity contribution in [2.45, 2.75) is 45.8 Å². The average Bonchev–Trinajstić information content (AvgIpc) is 2.74. The van der Waals surface area contributed by atoms with Crippen LogP contribution in [0.25, 0.3) is 0 Å². The molecule has 0 fully saturated rings. The molecule has 1 N–H and O–H groups in total. The molecule has 2 rings (SSSR count). The molecular formula is C24H32ClN3O5S. The third-order valence-corrected chi connectivity index (χ3v) is 6.36. The predicted molar refractivity (Wildman–Crippen MR) is 135 cm³/mol. The van der Waals surface area contributed by atoms with Gasteiger partial charge in [0.15, 0.2) is 0 Å². The largest absolute Gasteiger partial charge is 0.497 e. The third-order valence-electron chi connectivity index (χ3n) is 4.97. The van der Waals surface area contributed by atoms with Crippen LogP contribution >= 0.6 is 11.6 Å². The van der Waals surface area contributed by atoms with Crippen LogP contribution in [0.5, 0.6) is 5.75 Å². The number of rotatable bonds is 9. The monoisotopic (exact) mass is 509 g/mol. The lowest BCUT2D eigenvalue weighted by atomic mass is 10.1. The van der Waals surface area contributed by atoms with E-state index in [0.29, 0.717) is 16.5 Å². The van der Waals surface area contributed by atoms with E-state index in [4.69, 9.17) is 16.3 Å². The number of methoxy groups -OCH3 is 1. The Hall–Kier alpha value is -2.78. The fraction of sp³-hybridized carbons (Fsp3) is 0.417. The zero-order valence-corrected chi connectivity index (χ0v) is 21.9. The quantitative estimate of drug-likeness (QED) is 0.558. The summed E-state index contributed by atoms with van der Waals surface area (Å²) >= 11 is 5.93. The Morgan fingerprint density at radius 2 is 1.62 bits per heavy atom. The molecule has 1 atom stereocenters. The van der Waals surface area contributed by atoms with Crippen LogP contribution in [0.2, 0.25) is 5.02 Å². The summed E-state index contributed by atoms with van der Waals surface area (Å²) in [4.78, 5) is 27.8. The lowest BCUT2D eigenvalue weighted by Gasteiger charge is -2.33. The molecule has 0 bridgehead atoms. The second-order valence-corrected chi connectivity index (χ2v) is 11.4. The fourth-order valence-corrected chi connectivity index (χ4v) is 4.18. The summed E-state index contributed by atoms with van der Waals surface area (Å²) in [5, 5.41) is 3.32. The van der Waals surface area contributed by atoms with Crippen molar-refractivity contribution in [3.8, 4) is 5.75 Å². The van der Waals surface area contributed by atoms with Crippen LogP contribution in [0.1, 0.15) is 33.3 Å². The van der Waals surface area contributed by atoms with Crippen molar-refractivity contribution in [3.63, 3.8) is 0 Å². The number of nitrogens with zero attached hydrogens (tertiary/aromatic N) is 2. The maximum Gasteiger partial charge on any atom is 0.244 e. The van der Waals surface area contributed by atoms with Gasteiger partial charge in [-0.05, 0) is 69.7 Å². The molecule has 0 saturated carbocycles. The molecule has 0 radical (unpaired) electrons. The van der Waals surface area contributed by atoms with E-state index in [1.165, 1.54) is 17.0 Å². The van der Waals surface area contributed by atoms with E-state index in [1.54, 1.807) is 50.4 Å². The Morgan fingerprint density at radius 3 is 2.09 bits per heavy atom. The molecule has 34 heavy (non-hydrogen) atoms. The second kappa shape index (κ2) is 11.1. The predicted octanol–water partition coefficient (Wildman–Crippen LogP) is 3.45. The van der Waals surface area contributed by atoms with Gasteiger partial charge in [0.25, 0.3) is 0 Å². The summed E-state index contributed by atoms with van der Waals surface area (Å²) in [6.45, 7) is 6.80. The van der Waals surface area contributed by atoms with Crippen molar-refractivity contribution in [3.05, 3.63) is 59.1 Å². The van der Waals surface area contributed by atoms with Gasteiger partial charge in [-0.3, -0.25) is 13.9 Å². The minimum Gasteiger partial charge on any atom is -0.497 e. The van der Waals surface area contributed by atoms with Gasteiger partial charge in [-0.25, -0.2) is 8.42 Å². The molecule has 0 aliphatic heterocycles. The van der Waals surface area contributed by atoms with Gasteiger partial charge in [0.05, 0.1) is 19.1 Å². The minimum atomic E-state index is -3.79. The first-order valence-corrected chi connectivity index (χ1v) is 12.9. The molecular weight excluding hydrogens is 478 g/mol. The van der Waals surface area contributed by atoms with Crippen LogP contribution in [0.15, 0.2) is 48.5 Å². The zero-order chi connectivity index (χ0) is 25.7. The van der Waals surface area contributed by atoms with E-state index in [-0.39, 0.29) is 12.5 Å². The topological polar surface area (TPSA) is 96.0 Å². The number of carbonyl (C=O) groups excluding carboxylic acids is 2. The van der Waals surface area contributed by atoms with Crippen molar-refractivity contribution >= 4 is 39.1 Å². The normalized spacial score (nSPS) is 12.6. The van der Waals surface area contributed by atoms with E-state index in [2.05, 4.69) is 5.32 Å². The van der Waals surface area contributed by atoms with Gasteiger partial charge in [-0.2, -0.15) is 0 Å². The molecule has 0 aliphatic carbocycles. The van der Waals surface area contributed by atoms with Crippen LogP contribution in [-0.2, 0) is 26.2 Å². The van der Waals surface area contributed by atoms with Crippen molar-refractivity contribution < 1.29 is 22.7 Å². The number of sulfonamides is 1. The molecule has 0 spiro atoms. The van der Waals surface area contributed by atoms with Crippen LogP contribution in [0, 0.1) is 0 Å². The van der Waals surface area contributed by atoms with Crippen molar-refractivity contribution in [2.24, 2.45) is 0 Å². The van der Waals surface area contributed by atoms with Crippen molar-refractivity contribution in [1.29, 1.82) is 0 Å². The Bertz CT molecular complexity index is 1100. The number of amides is 2. The smallest absolute Gasteiger partial charge is 0.244 e. The number of ether oxygens (including phenoxy) is 1. The van der Waals surface area contributed by atoms with Gasteiger partial charge >= 0.3 is 0 Å². The average molecular weight is 510 g/mol. The van der Waals surface area contributed by atoms with Crippen LogP contribution < -0.4 is 14.4 Å². The maximum atomic E-state index is 13.5. The van der Waals surface area contributed by atoms with E-state index >= 15 is 0 Å². The minimum absolute atomic E-state index is 0.111. The Morgan fingerprint density at radius 1 is 1.06 bits per heavy atom. The first-order valence-electron chi connectivity index (χ1n) is 10.7. The van der Waals surface area contributed by atoms with Gasteiger partial charge in [-0.15, -0.1) is 0 Å². The molecule has 0 aromatic heterocycles. The highest BCUT2D eigenvalue weighted by molar-refractivity contribution is 7.92. The Balaban J connectivity index is 2.38. The lowest BCUT2D eigenvalue weighted by molar-refractivity contribution is -0.140. The number of nitrogens with one attached hydrogen (secondary N) is 1. The molecule has 0 aliphatic rings. The summed E-state index contributed by atoms with van der Waals surface area (Å²) in [7, 11) is -2.23. The third kappa shape index (κ3) is 7.92. The highest BCUT2D eigenvalue weighted by Gasteiger charge is 2.31. The highest BCUT2D eigenvalue weighted by atomic mass is 35.5. The molecule has 2 aromatic carbocycles. The lowest BCUT2D eigenvalue weighted by Crippen LogP contribution is -2.54. The van der Waals surface area contributed by atoms with Gasteiger partial charge in [0.2, 0.25) is 21.8 Å². The number of hydrogen-bond donors (Lipinski definition) is 1. The standard InChI is InChI=1S/C24H32ClN3O5S/c1-17(23(30)26-24(2,3)4)27(15-18-7-13-21(33-5)14-8-18)22(29)16-28(34(6,31)32)20-11-9-19(25)10-12-20/h7-14,17H,15-16H2,1-6H3,(H,26,30)/t17-/m1/s1. The summed E-state index contributed by atoms with van der Waals surface area (Å²) in [6, 6.07) is 12.4. The number of anilines is 1. The molecule has 0 heterocycles. The molecule has 0 saturated heterocycles. The van der Waals surface area contributed by atoms with Crippen LogP contribution in [-0.4, -0.2) is 56.6 Å². The highest BCUT2D eigenvalue weighted by Crippen LogP contribution is 2.22. The van der Waals surface area contributed by atoms with Crippen LogP contribution in [0.4, 0.5) is 5.69 Å². The Kier molecular flexibility index (Phi) is 8.96. The van der Waals surface area contributed by atoms with Gasteiger partial charge < -0.3 is 15.0 Å². The van der Waals surface area contributed by atoms with E-state index < -0.39 is 34.1 Å². The van der Waals surface area contributed by atoms with E-state index in [9.17, 15) is 18.0 Å². The van der Waals surface area contributed by atoms with Crippen LogP contribution in [0.3, 0.4) is 0 Å². The molecule has 186 valence electrons. The number of carbonyl (C=O) groups is 2. The molecule has 8 nitrogen and oxygen atoms in total. The summed E-state index contributed by atoms with van der Waals surface area (Å²) < 4.78 is 31.2. The molecule has 2 aromatic rings. The molecule has 10 heteroatoms. The van der Waals surface area contributed by atoms with Gasteiger partial charge in [0, 0.05) is 17.1 Å². The molecule has 2 amide bonds. The number of hydrogen-bond acceptors (Lipinski definition) is 5. The number of halogens is 1. The second-order valence-electron chi connectivity index (χ2n) is 9.03. The first kappa shape index (κ1) is 27.5. The fourth-order valence-electron chi connectivity index (χ4n) is 3.21. The Labute approximate surface area is 206 Å². The maximum absolute atomic E-state index is 13.5. The summed E-state index contributed by atoms with van der Waals surface area (Å²) in [5.41, 5.74) is 0.570. The zero-order valence-electron chi connectivity index (χ0n) is 20.3. The van der Waals surface area contributed by atoms with Crippen molar-refractivity contribution in [1.82, 2.24) is 10.2 Å². The van der Waals surface area contributed by atoms with E-state index in [1.807, 2.05) is 20.8 Å². The summed E-state index contributed by atoms with van der Waals surface area (Å²) in [6.07, 6.45) is 1.03. The number of benzene rings is 2. The van der Waals surface area contributed by atoms with E-state index in [0.717, 1.165) is 16.1 Å². The van der Waals surface area contributed by atoms with Crippen molar-refractivity contribution in [2.75, 3.05) is 24.2 Å². The van der Waals surface area contributed by atoms with Gasteiger partial charge in [0.1, 0.15) is 18.3 Å². The first-order chi connectivity index (χ1) is 15.7. The summed E-state index contributed by atoms with van der Waals surface area (Å²) in [5.74, 6) is -0.203. The SMILES string of the molecule is COc1ccc(CN(C(=O)CN(c2ccc(Cl)cc2)S(C)(=O)=O)[C@H](C)C(=O)NC(C)(C)C)cc1. The molecule has 0 unspecified atom stereocenters. The van der Waals surface area contributed by atoms with Gasteiger partial charge in [-0.1, -0.05) is 23.7 Å².